The first-order chi connectivity index (χ1) is 10.1. The van der Waals surface area contributed by atoms with E-state index in [9.17, 15) is 10.1 Å². The number of likely N-dealkylation sites (tertiary alicyclic amines) is 1. The zero-order valence-corrected chi connectivity index (χ0v) is 14.0. The van der Waals surface area contributed by atoms with Crippen LogP contribution < -0.4 is 5.32 Å². The van der Waals surface area contributed by atoms with Gasteiger partial charge in [0.25, 0.3) is 5.69 Å². The van der Waals surface area contributed by atoms with Gasteiger partial charge >= 0.3 is 0 Å². The van der Waals surface area contributed by atoms with Gasteiger partial charge in [0.05, 0.1) is 4.92 Å². The molecule has 22 heavy (non-hydrogen) atoms. The highest BCUT2D eigenvalue weighted by molar-refractivity contribution is 6.32. The maximum Gasteiger partial charge on any atom is 0.287 e. The molecular formula is C15H21Cl2N3O2. The third kappa shape index (κ3) is 3.71. The van der Waals surface area contributed by atoms with Gasteiger partial charge in [-0.05, 0) is 55.9 Å². The van der Waals surface area contributed by atoms with Crippen molar-refractivity contribution in [3.05, 3.63) is 38.9 Å². The summed E-state index contributed by atoms with van der Waals surface area (Å²) in [5.41, 5.74) is 1.52. The van der Waals surface area contributed by atoms with Crippen LogP contribution in [0.25, 0.3) is 0 Å². The lowest BCUT2D eigenvalue weighted by Crippen LogP contribution is -2.38. The highest BCUT2D eigenvalue weighted by atomic mass is 35.5. The zero-order valence-electron chi connectivity index (χ0n) is 12.4. The van der Waals surface area contributed by atoms with Crippen molar-refractivity contribution in [3.63, 3.8) is 0 Å². The van der Waals surface area contributed by atoms with E-state index in [4.69, 9.17) is 11.6 Å². The zero-order chi connectivity index (χ0) is 14.9. The normalized spacial score (nSPS) is 20.8. The molecule has 0 radical (unpaired) electrons. The maximum atomic E-state index is 10.8. The number of nitrogens with zero attached hydrogens (tertiary/aromatic N) is 2. The molecule has 2 saturated heterocycles. The van der Waals surface area contributed by atoms with E-state index in [1.165, 1.54) is 25.3 Å². The highest BCUT2D eigenvalue weighted by Crippen LogP contribution is 2.39. The van der Waals surface area contributed by atoms with Gasteiger partial charge in [-0.2, -0.15) is 0 Å². The molecule has 2 aliphatic rings. The number of piperidine rings is 1. The van der Waals surface area contributed by atoms with Crippen molar-refractivity contribution >= 4 is 29.7 Å². The SMILES string of the molecule is Cl.O=[N+]([O-])c1ccc(CN2CCC3(CCNCC3)C2)cc1Cl. The Labute approximate surface area is 141 Å². The van der Waals surface area contributed by atoms with Gasteiger partial charge in [0.1, 0.15) is 5.02 Å². The first-order valence-electron chi connectivity index (χ1n) is 7.44. The molecule has 0 atom stereocenters. The van der Waals surface area contributed by atoms with Crippen molar-refractivity contribution in [2.24, 2.45) is 5.41 Å². The van der Waals surface area contributed by atoms with E-state index in [0.717, 1.165) is 38.3 Å². The van der Waals surface area contributed by atoms with Crippen LogP contribution in [-0.4, -0.2) is 36.0 Å². The Morgan fingerprint density at radius 2 is 2.05 bits per heavy atom. The Morgan fingerprint density at radius 3 is 2.68 bits per heavy atom. The molecule has 2 fully saturated rings. The van der Waals surface area contributed by atoms with Crippen LogP contribution in [0, 0.1) is 15.5 Å². The minimum Gasteiger partial charge on any atom is -0.317 e. The fourth-order valence-electron chi connectivity index (χ4n) is 3.58. The number of halogens is 2. The van der Waals surface area contributed by atoms with Crippen molar-refractivity contribution in [1.29, 1.82) is 0 Å². The number of hydrogen-bond acceptors (Lipinski definition) is 4. The summed E-state index contributed by atoms with van der Waals surface area (Å²) in [5.74, 6) is 0. The van der Waals surface area contributed by atoms with Crippen molar-refractivity contribution in [2.45, 2.75) is 25.8 Å². The second-order valence-corrected chi connectivity index (χ2v) is 6.66. The summed E-state index contributed by atoms with van der Waals surface area (Å²) < 4.78 is 0. The molecule has 1 aromatic rings. The minimum atomic E-state index is -0.439. The number of nitrogens with one attached hydrogen (secondary N) is 1. The lowest BCUT2D eigenvalue weighted by molar-refractivity contribution is -0.384. The molecule has 7 heteroatoms. The Hall–Kier alpha value is -0.880. The lowest BCUT2D eigenvalue weighted by atomic mass is 9.78. The van der Waals surface area contributed by atoms with Gasteiger partial charge in [0.15, 0.2) is 0 Å². The molecule has 122 valence electrons. The van der Waals surface area contributed by atoms with E-state index in [1.807, 2.05) is 6.07 Å². The van der Waals surface area contributed by atoms with E-state index in [0.29, 0.717) is 5.41 Å². The molecular weight excluding hydrogens is 325 g/mol. The smallest absolute Gasteiger partial charge is 0.287 e. The summed E-state index contributed by atoms with van der Waals surface area (Å²) in [4.78, 5) is 12.8. The van der Waals surface area contributed by atoms with Crippen LogP contribution in [0.5, 0.6) is 0 Å². The van der Waals surface area contributed by atoms with Crippen LogP contribution >= 0.6 is 24.0 Å². The molecule has 3 rings (SSSR count). The van der Waals surface area contributed by atoms with Gasteiger partial charge in [0, 0.05) is 19.2 Å². The van der Waals surface area contributed by atoms with Gasteiger partial charge in [-0.1, -0.05) is 17.7 Å². The molecule has 2 heterocycles. The fourth-order valence-corrected chi connectivity index (χ4v) is 3.86. The van der Waals surface area contributed by atoms with Crippen molar-refractivity contribution < 1.29 is 4.92 Å². The first kappa shape index (κ1) is 17.5. The van der Waals surface area contributed by atoms with E-state index >= 15 is 0 Å². The first-order valence-corrected chi connectivity index (χ1v) is 7.82. The predicted molar refractivity (Wildman–Crippen MR) is 89.8 cm³/mol. The summed E-state index contributed by atoms with van der Waals surface area (Å²) in [7, 11) is 0. The van der Waals surface area contributed by atoms with Gasteiger partial charge in [-0.15, -0.1) is 12.4 Å². The Kier molecular flexibility index (Phi) is 5.66. The molecule has 2 aliphatic heterocycles. The van der Waals surface area contributed by atoms with Crippen LogP contribution in [0.3, 0.4) is 0 Å². The van der Waals surface area contributed by atoms with Gasteiger partial charge in [-0.25, -0.2) is 0 Å². The monoisotopic (exact) mass is 345 g/mol. The molecule has 0 unspecified atom stereocenters. The van der Waals surface area contributed by atoms with Crippen molar-refractivity contribution in [2.75, 3.05) is 26.2 Å². The van der Waals surface area contributed by atoms with Crippen molar-refractivity contribution in [3.8, 4) is 0 Å². The van der Waals surface area contributed by atoms with E-state index in [-0.39, 0.29) is 23.1 Å². The topological polar surface area (TPSA) is 58.4 Å². The van der Waals surface area contributed by atoms with Gasteiger partial charge in [-0.3, -0.25) is 15.0 Å². The standard InChI is InChI=1S/C15H20ClN3O2.ClH/c16-13-9-12(1-2-14(13)19(20)21)10-18-8-5-15(11-18)3-6-17-7-4-15;/h1-2,9,17H,3-8,10-11H2;1H. The summed E-state index contributed by atoms with van der Waals surface area (Å²) in [6, 6.07) is 5.05. The Bertz CT molecular complexity index is 548. The van der Waals surface area contributed by atoms with E-state index in [1.54, 1.807) is 6.07 Å². The lowest BCUT2D eigenvalue weighted by Gasteiger charge is -2.33. The number of benzene rings is 1. The molecule has 0 bridgehead atoms. The summed E-state index contributed by atoms with van der Waals surface area (Å²) in [6.45, 7) is 5.30. The van der Waals surface area contributed by atoms with Crippen LogP contribution in [0.2, 0.25) is 5.02 Å². The number of rotatable bonds is 3. The molecule has 0 saturated carbocycles. The van der Waals surface area contributed by atoms with Crippen LogP contribution in [0.4, 0.5) is 5.69 Å². The molecule has 0 aromatic heterocycles. The van der Waals surface area contributed by atoms with Gasteiger partial charge < -0.3 is 5.32 Å². The summed E-state index contributed by atoms with van der Waals surface area (Å²) >= 11 is 5.98. The quantitative estimate of drug-likeness (QED) is 0.674. The minimum absolute atomic E-state index is 0. The molecule has 0 amide bonds. The average molecular weight is 346 g/mol. The third-order valence-corrected chi connectivity index (χ3v) is 5.10. The van der Waals surface area contributed by atoms with Crippen LogP contribution in [0.1, 0.15) is 24.8 Å². The Balaban J connectivity index is 0.00000176. The predicted octanol–water partition coefficient (Wildman–Crippen LogP) is 3.25. The highest BCUT2D eigenvalue weighted by Gasteiger charge is 2.38. The third-order valence-electron chi connectivity index (χ3n) is 4.80. The molecule has 5 nitrogen and oxygen atoms in total. The molecule has 0 aliphatic carbocycles. The number of nitro benzene ring substituents is 1. The molecule has 1 aromatic carbocycles. The number of nitro groups is 1. The largest absolute Gasteiger partial charge is 0.317 e. The number of hydrogen-bond donors (Lipinski definition) is 1. The van der Waals surface area contributed by atoms with Crippen molar-refractivity contribution in [1.82, 2.24) is 10.2 Å². The van der Waals surface area contributed by atoms with E-state index in [2.05, 4.69) is 10.2 Å². The summed E-state index contributed by atoms with van der Waals surface area (Å²) in [5, 5.41) is 14.4. The van der Waals surface area contributed by atoms with Crippen LogP contribution in [0.15, 0.2) is 18.2 Å². The van der Waals surface area contributed by atoms with Crippen LogP contribution in [-0.2, 0) is 6.54 Å². The molecule has 1 N–H and O–H groups in total. The van der Waals surface area contributed by atoms with E-state index < -0.39 is 4.92 Å². The average Bonchev–Trinajstić information content (AvgIpc) is 2.82. The second-order valence-electron chi connectivity index (χ2n) is 6.25. The molecule has 1 spiro atoms. The maximum absolute atomic E-state index is 10.8. The second kappa shape index (κ2) is 7.13. The van der Waals surface area contributed by atoms with Gasteiger partial charge in [0.2, 0.25) is 0 Å². The Morgan fingerprint density at radius 1 is 1.32 bits per heavy atom. The fraction of sp³-hybridized carbons (Fsp3) is 0.600. The summed E-state index contributed by atoms with van der Waals surface area (Å²) in [6.07, 6.45) is 3.77.